The molecule has 0 bridgehead atoms. The van der Waals surface area contributed by atoms with Crippen molar-refractivity contribution in [3.63, 3.8) is 0 Å². The largest absolute Gasteiger partial charge is 0.508 e. The number of piperidine rings is 1. The summed E-state index contributed by atoms with van der Waals surface area (Å²) in [7, 11) is 0. The summed E-state index contributed by atoms with van der Waals surface area (Å²) in [6.45, 7) is 2.93. The van der Waals surface area contributed by atoms with E-state index in [0.717, 1.165) is 57.4 Å². The van der Waals surface area contributed by atoms with Crippen LogP contribution < -0.4 is 5.32 Å². The number of likely N-dealkylation sites (tertiary alicyclic amines) is 1. The molecule has 27 heavy (non-hydrogen) atoms. The number of amides is 2. The van der Waals surface area contributed by atoms with Crippen LogP contribution in [0.4, 0.5) is 0 Å². The van der Waals surface area contributed by atoms with Gasteiger partial charge in [0.15, 0.2) is 0 Å². The summed E-state index contributed by atoms with van der Waals surface area (Å²) in [5.41, 5.74) is 0.838. The molecule has 0 aliphatic carbocycles. The van der Waals surface area contributed by atoms with Gasteiger partial charge in [-0.25, -0.2) is 0 Å². The van der Waals surface area contributed by atoms with Gasteiger partial charge in [0.25, 0.3) is 0 Å². The molecule has 1 aromatic carbocycles. The highest BCUT2D eigenvalue weighted by Gasteiger charge is 2.23. The highest BCUT2D eigenvalue weighted by Crippen LogP contribution is 2.23. The number of nitrogens with zero attached hydrogens (tertiary/aromatic N) is 1. The van der Waals surface area contributed by atoms with Gasteiger partial charge in [0.2, 0.25) is 11.8 Å². The smallest absolute Gasteiger partial charge is 0.226 e. The molecule has 0 radical (unpaired) electrons. The highest BCUT2D eigenvalue weighted by atomic mass is 16.5. The van der Waals surface area contributed by atoms with E-state index in [1.165, 1.54) is 0 Å². The van der Waals surface area contributed by atoms with Crippen LogP contribution in [0.5, 0.6) is 5.75 Å². The highest BCUT2D eigenvalue weighted by molar-refractivity contribution is 5.79. The van der Waals surface area contributed by atoms with Crippen molar-refractivity contribution in [1.29, 1.82) is 0 Å². The normalized spacial score (nSPS) is 20.6. The minimum atomic E-state index is 0.105. The zero-order valence-electron chi connectivity index (χ0n) is 15.9. The maximum absolute atomic E-state index is 12.4. The van der Waals surface area contributed by atoms with Crippen LogP contribution in [0, 0.1) is 5.92 Å². The van der Waals surface area contributed by atoms with Gasteiger partial charge in [-0.1, -0.05) is 12.1 Å². The van der Waals surface area contributed by atoms with Gasteiger partial charge in [-0.15, -0.1) is 0 Å². The minimum absolute atomic E-state index is 0.105. The Bertz CT molecular complexity index is 635. The number of aromatic hydroxyl groups is 1. The summed E-state index contributed by atoms with van der Waals surface area (Å²) in [5.74, 6) is 0.904. The molecule has 1 aromatic rings. The quantitative estimate of drug-likeness (QED) is 0.767. The summed E-state index contributed by atoms with van der Waals surface area (Å²) in [5, 5.41) is 12.5. The second-order valence-electron chi connectivity index (χ2n) is 7.65. The summed E-state index contributed by atoms with van der Waals surface area (Å²) in [6.07, 6.45) is 5.97. The van der Waals surface area contributed by atoms with Crippen molar-refractivity contribution in [3.8, 4) is 5.75 Å². The van der Waals surface area contributed by atoms with Gasteiger partial charge < -0.3 is 20.1 Å². The minimum Gasteiger partial charge on any atom is -0.508 e. The molecule has 2 heterocycles. The lowest BCUT2D eigenvalue weighted by Crippen LogP contribution is -2.39. The molecule has 2 amide bonds. The molecule has 2 aliphatic rings. The molecule has 0 saturated carbocycles. The van der Waals surface area contributed by atoms with Gasteiger partial charge in [-0.2, -0.15) is 0 Å². The van der Waals surface area contributed by atoms with Gasteiger partial charge >= 0.3 is 0 Å². The van der Waals surface area contributed by atoms with E-state index in [1.54, 1.807) is 18.2 Å². The number of ether oxygens (including phenoxy) is 1. The Hall–Kier alpha value is -2.08. The topological polar surface area (TPSA) is 78.9 Å². The van der Waals surface area contributed by atoms with Crippen LogP contribution >= 0.6 is 0 Å². The molecule has 2 saturated heterocycles. The van der Waals surface area contributed by atoms with Gasteiger partial charge in [-0.3, -0.25) is 9.59 Å². The third-order valence-electron chi connectivity index (χ3n) is 5.56. The average Bonchev–Trinajstić information content (AvgIpc) is 3.19. The lowest BCUT2D eigenvalue weighted by molar-refractivity contribution is -0.132. The fourth-order valence-electron chi connectivity index (χ4n) is 3.88. The number of phenols is 1. The second-order valence-corrected chi connectivity index (χ2v) is 7.65. The Labute approximate surface area is 160 Å². The van der Waals surface area contributed by atoms with Gasteiger partial charge in [-0.05, 0) is 55.7 Å². The van der Waals surface area contributed by atoms with E-state index >= 15 is 0 Å². The number of benzene rings is 1. The zero-order valence-corrected chi connectivity index (χ0v) is 15.9. The fourth-order valence-corrected chi connectivity index (χ4v) is 3.88. The third kappa shape index (κ3) is 6.24. The van der Waals surface area contributed by atoms with E-state index in [4.69, 9.17) is 4.74 Å². The molecule has 3 rings (SSSR count). The molecule has 2 aliphatic heterocycles. The number of hydrogen-bond donors (Lipinski definition) is 2. The number of phenolic OH excluding ortho intramolecular Hbond substituents is 1. The van der Waals surface area contributed by atoms with Crippen molar-refractivity contribution < 1.29 is 19.4 Å². The van der Waals surface area contributed by atoms with Crippen LogP contribution in [0.15, 0.2) is 24.3 Å². The first-order valence-corrected chi connectivity index (χ1v) is 10.0. The standard InChI is InChI=1S/C21H30N2O4/c24-18-4-1-3-17(13-18)14-21(26)23-10-8-16(9-11-23)6-7-20(25)22-15-19-5-2-12-27-19/h1,3-4,13,16,19,24H,2,5-12,14-15H2,(H,22,25)/t19-/m0/s1. The van der Waals surface area contributed by atoms with Crippen molar-refractivity contribution in [2.75, 3.05) is 26.2 Å². The Morgan fingerprint density at radius 3 is 2.74 bits per heavy atom. The average molecular weight is 374 g/mol. The Morgan fingerprint density at radius 1 is 1.22 bits per heavy atom. The molecule has 0 aromatic heterocycles. The maximum Gasteiger partial charge on any atom is 0.226 e. The van der Waals surface area contributed by atoms with Crippen molar-refractivity contribution in [3.05, 3.63) is 29.8 Å². The molecule has 6 heteroatoms. The fraction of sp³-hybridized carbons (Fsp3) is 0.619. The van der Waals surface area contributed by atoms with Gasteiger partial charge in [0.1, 0.15) is 5.75 Å². The van der Waals surface area contributed by atoms with E-state index in [2.05, 4.69) is 5.32 Å². The molecule has 1 atom stereocenters. The number of carbonyl (C=O) groups is 2. The molecule has 0 unspecified atom stereocenters. The molecule has 148 valence electrons. The zero-order chi connectivity index (χ0) is 19.1. The number of hydrogen-bond acceptors (Lipinski definition) is 4. The van der Waals surface area contributed by atoms with Gasteiger partial charge in [0.05, 0.1) is 12.5 Å². The van der Waals surface area contributed by atoms with E-state index < -0.39 is 0 Å². The summed E-state index contributed by atoms with van der Waals surface area (Å²) < 4.78 is 5.52. The summed E-state index contributed by atoms with van der Waals surface area (Å²) in [6, 6.07) is 6.87. The van der Waals surface area contributed by atoms with E-state index in [0.29, 0.717) is 25.3 Å². The van der Waals surface area contributed by atoms with Crippen molar-refractivity contribution in [2.45, 2.75) is 51.0 Å². The van der Waals surface area contributed by atoms with Crippen molar-refractivity contribution >= 4 is 11.8 Å². The van der Waals surface area contributed by atoms with Crippen molar-refractivity contribution in [2.24, 2.45) is 5.92 Å². The lowest BCUT2D eigenvalue weighted by Gasteiger charge is -2.32. The van der Waals surface area contributed by atoms with E-state index in [-0.39, 0.29) is 23.7 Å². The number of nitrogens with one attached hydrogen (secondary N) is 1. The van der Waals surface area contributed by atoms with E-state index in [9.17, 15) is 14.7 Å². The summed E-state index contributed by atoms with van der Waals surface area (Å²) >= 11 is 0. The Kier molecular flexibility index (Phi) is 7.10. The SMILES string of the molecule is O=C(CCC1CCN(C(=O)Cc2cccc(O)c2)CC1)NC[C@@H]1CCCO1. The first-order valence-electron chi connectivity index (χ1n) is 10.0. The monoisotopic (exact) mass is 374 g/mol. The molecule has 6 nitrogen and oxygen atoms in total. The van der Waals surface area contributed by atoms with Crippen molar-refractivity contribution in [1.82, 2.24) is 10.2 Å². The van der Waals surface area contributed by atoms with Gasteiger partial charge in [0, 0.05) is 32.7 Å². The lowest BCUT2D eigenvalue weighted by atomic mass is 9.91. The predicted octanol–water partition coefficient (Wildman–Crippen LogP) is 2.25. The molecule has 2 fully saturated rings. The summed E-state index contributed by atoms with van der Waals surface area (Å²) in [4.78, 5) is 26.3. The second kappa shape index (κ2) is 9.74. The molecule has 0 spiro atoms. The first kappa shape index (κ1) is 19.7. The first-order chi connectivity index (χ1) is 13.1. The van der Waals surface area contributed by atoms with Crippen LogP contribution in [0.1, 0.15) is 44.1 Å². The Balaban J connectivity index is 1.32. The number of rotatable bonds is 7. The van der Waals surface area contributed by atoms with Crippen LogP contribution in [0.25, 0.3) is 0 Å². The van der Waals surface area contributed by atoms with Crippen LogP contribution in [0.3, 0.4) is 0 Å². The van der Waals surface area contributed by atoms with Crippen LogP contribution in [-0.4, -0.2) is 54.2 Å². The maximum atomic E-state index is 12.4. The molecular formula is C21H30N2O4. The third-order valence-corrected chi connectivity index (χ3v) is 5.56. The predicted molar refractivity (Wildman–Crippen MR) is 102 cm³/mol. The Morgan fingerprint density at radius 2 is 2.04 bits per heavy atom. The number of carbonyl (C=O) groups excluding carboxylic acids is 2. The molecule has 2 N–H and O–H groups in total. The van der Waals surface area contributed by atoms with E-state index in [1.807, 2.05) is 11.0 Å². The molecular weight excluding hydrogens is 344 g/mol. The van der Waals surface area contributed by atoms with Crippen LogP contribution in [-0.2, 0) is 20.7 Å². The van der Waals surface area contributed by atoms with Crippen LogP contribution in [0.2, 0.25) is 0 Å².